The molecule has 18 heavy (non-hydrogen) atoms. The Hall–Kier alpha value is -1.99. The predicted octanol–water partition coefficient (Wildman–Crippen LogP) is 1.37. The lowest BCUT2D eigenvalue weighted by Gasteiger charge is -2.14. The maximum absolute atomic E-state index is 11.9. The summed E-state index contributed by atoms with van der Waals surface area (Å²) in [5.74, 6) is -0.581. The first-order valence-electron chi connectivity index (χ1n) is 5.10. The molecule has 0 bridgehead atoms. The molecule has 1 amide bonds. The number of hydrogen-bond acceptors (Lipinski definition) is 5. The van der Waals surface area contributed by atoms with Crippen LogP contribution in [-0.4, -0.2) is 37.2 Å². The van der Waals surface area contributed by atoms with Crippen LogP contribution in [0.3, 0.4) is 0 Å². The Bertz CT molecular complexity index is 461. The van der Waals surface area contributed by atoms with Gasteiger partial charge in [-0.3, -0.25) is 19.7 Å². The minimum atomic E-state index is -0.592. The highest BCUT2D eigenvalue weighted by Crippen LogP contribution is 2.25. The first kappa shape index (κ1) is 14.1. The van der Waals surface area contributed by atoms with Gasteiger partial charge >= 0.3 is 0 Å². The molecule has 0 saturated carbocycles. The van der Waals surface area contributed by atoms with Crippen molar-refractivity contribution < 1.29 is 19.3 Å². The highest BCUT2D eigenvalue weighted by Gasteiger charge is 2.26. The molecule has 7 nitrogen and oxygen atoms in total. The third kappa shape index (κ3) is 2.82. The summed E-state index contributed by atoms with van der Waals surface area (Å²) in [5.41, 5.74) is 0.0602. The van der Waals surface area contributed by atoms with Gasteiger partial charge in [0.2, 0.25) is 0 Å². The first-order chi connectivity index (χ1) is 8.52. The zero-order valence-corrected chi connectivity index (χ0v) is 10.4. The molecule has 0 spiro atoms. The molecular weight excluding hydrogens is 240 g/mol. The van der Waals surface area contributed by atoms with E-state index in [1.54, 1.807) is 12.1 Å². The van der Waals surface area contributed by atoms with Crippen molar-refractivity contribution in [2.45, 2.75) is 6.61 Å². The van der Waals surface area contributed by atoms with E-state index in [-0.39, 0.29) is 17.9 Å². The van der Waals surface area contributed by atoms with E-state index in [0.29, 0.717) is 5.56 Å². The molecule has 7 heteroatoms. The van der Waals surface area contributed by atoms with Crippen molar-refractivity contribution >= 4 is 11.6 Å². The fraction of sp³-hybridized carbons (Fsp3) is 0.364. The van der Waals surface area contributed by atoms with Crippen LogP contribution in [0, 0.1) is 10.1 Å². The zero-order chi connectivity index (χ0) is 13.7. The van der Waals surface area contributed by atoms with Crippen LogP contribution in [0.1, 0.15) is 15.9 Å². The summed E-state index contributed by atoms with van der Waals surface area (Å²) in [5, 5.41) is 12.0. The number of para-hydroxylation sites is 1. The summed E-state index contributed by atoms with van der Waals surface area (Å²) in [7, 11) is 4.12. The number of hydrogen-bond donors (Lipinski definition) is 0. The number of carbonyl (C=O) groups is 1. The van der Waals surface area contributed by atoms with E-state index in [0.717, 1.165) is 5.06 Å². The minimum absolute atomic E-state index is 0.0288. The van der Waals surface area contributed by atoms with E-state index < -0.39 is 10.8 Å². The lowest BCUT2D eigenvalue weighted by atomic mass is 10.1. The van der Waals surface area contributed by atoms with Crippen LogP contribution in [0.15, 0.2) is 18.2 Å². The van der Waals surface area contributed by atoms with Gasteiger partial charge in [-0.25, -0.2) is 5.06 Å². The molecule has 1 aromatic carbocycles. The Morgan fingerprint density at radius 2 is 2.11 bits per heavy atom. The molecule has 0 aromatic heterocycles. The number of nitrogens with zero attached hydrogens (tertiary/aromatic N) is 2. The van der Waals surface area contributed by atoms with Crippen LogP contribution in [-0.2, 0) is 16.2 Å². The third-order valence-corrected chi connectivity index (χ3v) is 2.39. The molecule has 1 rings (SSSR count). The average Bonchev–Trinajstić information content (AvgIpc) is 2.36. The topological polar surface area (TPSA) is 81.9 Å². The van der Waals surface area contributed by atoms with E-state index in [4.69, 9.17) is 9.57 Å². The number of amides is 1. The van der Waals surface area contributed by atoms with Crippen molar-refractivity contribution in [1.29, 1.82) is 0 Å². The molecule has 0 atom stereocenters. The Morgan fingerprint density at radius 1 is 1.44 bits per heavy atom. The highest BCUT2D eigenvalue weighted by molar-refractivity contribution is 5.97. The number of nitro groups is 1. The quantitative estimate of drug-likeness (QED) is 0.585. The van der Waals surface area contributed by atoms with E-state index >= 15 is 0 Å². The molecule has 0 unspecified atom stereocenters. The molecule has 0 radical (unpaired) electrons. The number of carbonyl (C=O) groups excluding carboxylic acids is 1. The van der Waals surface area contributed by atoms with Crippen molar-refractivity contribution in [3.05, 3.63) is 39.4 Å². The number of hydroxylamine groups is 2. The smallest absolute Gasteiger partial charge is 0.287 e. The van der Waals surface area contributed by atoms with Crippen molar-refractivity contribution in [1.82, 2.24) is 5.06 Å². The fourth-order valence-corrected chi connectivity index (χ4v) is 1.50. The first-order valence-corrected chi connectivity index (χ1v) is 5.10. The highest BCUT2D eigenvalue weighted by atomic mass is 16.7. The number of rotatable bonds is 5. The normalized spacial score (nSPS) is 10.2. The van der Waals surface area contributed by atoms with Crippen LogP contribution in [0.2, 0.25) is 0 Å². The molecular formula is C11H14N2O5. The fourth-order valence-electron chi connectivity index (χ4n) is 1.50. The van der Waals surface area contributed by atoms with E-state index in [1.807, 2.05) is 0 Å². The lowest BCUT2D eigenvalue weighted by molar-refractivity contribution is -0.386. The second-order valence-electron chi connectivity index (χ2n) is 3.49. The van der Waals surface area contributed by atoms with Gasteiger partial charge in [-0.15, -0.1) is 0 Å². The molecule has 0 fully saturated rings. The maximum Gasteiger partial charge on any atom is 0.287 e. The van der Waals surface area contributed by atoms with E-state index in [9.17, 15) is 14.9 Å². The van der Waals surface area contributed by atoms with Gasteiger partial charge in [-0.05, 0) is 12.1 Å². The molecule has 0 heterocycles. The standard InChI is InChI=1S/C11H14N2O5/c1-12(18-3)11(14)9-6-4-5-8(7-17-2)10(9)13(15)16/h4-6H,7H2,1-3H3. The number of nitro benzene ring substituents is 1. The molecule has 0 aliphatic carbocycles. The van der Waals surface area contributed by atoms with Gasteiger partial charge in [0, 0.05) is 14.2 Å². The molecule has 1 aromatic rings. The van der Waals surface area contributed by atoms with Gasteiger partial charge in [0.05, 0.1) is 24.2 Å². The van der Waals surface area contributed by atoms with Crippen LogP contribution in [0.5, 0.6) is 0 Å². The number of benzene rings is 1. The molecule has 0 aliphatic heterocycles. The molecule has 98 valence electrons. The van der Waals surface area contributed by atoms with Crippen LogP contribution in [0.25, 0.3) is 0 Å². The van der Waals surface area contributed by atoms with Crippen molar-refractivity contribution in [3.63, 3.8) is 0 Å². The average molecular weight is 254 g/mol. The minimum Gasteiger partial charge on any atom is -0.380 e. The maximum atomic E-state index is 11.9. The Morgan fingerprint density at radius 3 is 2.61 bits per heavy atom. The third-order valence-electron chi connectivity index (χ3n) is 2.39. The summed E-state index contributed by atoms with van der Waals surface area (Å²) < 4.78 is 4.88. The van der Waals surface area contributed by atoms with Crippen molar-refractivity contribution in [3.8, 4) is 0 Å². The van der Waals surface area contributed by atoms with Gasteiger partial charge < -0.3 is 4.74 Å². The van der Waals surface area contributed by atoms with Gasteiger partial charge in [-0.1, -0.05) is 6.07 Å². The number of ether oxygens (including phenoxy) is 1. The molecule has 0 saturated heterocycles. The second kappa shape index (κ2) is 6.08. The predicted molar refractivity (Wildman–Crippen MR) is 62.9 cm³/mol. The largest absolute Gasteiger partial charge is 0.380 e. The van der Waals surface area contributed by atoms with Gasteiger partial charge in [0.25, 0.3) is 11.6 Å². The summed E-state index contributed by atoms with van der Waals surface area (Å²) in [6.45, 7) is 0.0636. The monoisotopic (exact) mass is 254 g/mol. The second-order valence-corrected chi connectivity index (χ2v) is 3.49. The van der Waals surface area contributed by atoms with E-state index in [2.05, 4.69) is 0 Å². The molecule has 0 aliphatic rings. The van der Waals surface area contributed by atoms with Crippen molar-refractivity contribution in [2.24, 2.45) is 0 Å². The number of methoxy groups -OCH3 is 1. The summed E-state index contributed by atoms with van der Waals surface area (Å²) in [6, 6.07) is 4.50. The Balaban J connectivity index is 3.30. The SMILES string of the molecule is COCc1cccc(C(=O)N(C)OC)c1[N+](=O)[O-]. The Kier molecular flexibility index (Phi) is 4.75. The van der Waals surface area contributed by atoms with E-state index in [1.165, 1.54) is 27.3 Å². The summed E-state index contributed by atoms with van der Waals surface area (Å²) >= 11 is 0. The zero-order valence-electron chi connectivity index (χ0n) is 10.4. The van der Waals surface area contributed by atoms with Gasteiger partial charge in [-0.2, -0.15) is 0 Å². The van der Waals surface area contributed by atoms with Crippen LogP contribution in [0.4, 0.5) is 5.69 Å². The lowest BCUT2D eigenvalue weighted by Crippen LogP contribution is -2.26. The van der Waals surface area contributed by atoms with Gasteiger partial charge in [0.1, 0.15) is 5.56 Å². The van der Waals surface area contributed by atoms with Crippen LogP contribution < -0.4 is 0 Å². The molecule has 0 N–H and O–H groups in total. The summed E-state index contributed by atoms with van der Waals surface area (Å²) in [4.78, 5) is 27.1. The summed E-state index contributed by atoms with van der Waals surface area (Å²) in [6.07, 6.45) is 0. The van der Waals surface area contributed by atoms with Gasteiger partial charge in [0.15, 0.2) is 0 Å². The van der Waals surface area contributed by atoms with Crippen molar-refractivity contribution in [2.75, 3.05) is 21.3 Å². The Labute approximate surface area is 104 Å². The van der Waals surface area contributed by atoms with Crippen LogP contribution >= 0.6 is 0 Å².